The molecule has 0 spiro atoms. The third-order valence-electron chi connectivity index (χ3n) is 3.96. The molecule has 1 heterocycles. The minimum Gasteiger partial charge on any atom is -0.491 e. The van der Waals surface area contributed by atoms with Gasteiger partial charge in [0.25, 0.3) is 0 Å². The molecular weight excluding hydrogens is 292 g/mol. The molecule has 1 aromatic rings. The minimum absolute atomic E-state index is 0.248. The van der Waals surface area contributed by atoms with Crippen LogP contribution in [0.25, 0.3) is 0 Å². The van der Waals surface area contributed by atoms with E-state index in [0.717, 1.165) is 26.2 Å². The molecule has 126 valence electrons. The first-order valence-corrected chi connectivity index (χ1v) is 8.21. The van der Waals surface area contributed by atoms with Gasteiger partial charge in [-0.3, -0.25) is 4.90 Å². The Hall–Kier alpha value is -1.61. The first-order valence-electron chi connectivity index (χ1n) is 8.21. The number of aliphatic hydroxyl groups excluding tert-OH is 1. The van der Waals surface area contributed by atoms with Gasteiger partial charge in [-0.15, -0.1) is 0 Å². The molecule has 0 aliphatic carbocycles. The lowest BCUT2D eigenvalue weighted by molar-refractivity contribution is -0.0381. The van der Waals surface area contributed by atoms with Gasteiger partial charge < -0.3 is 14.6 Å². The lowest BCUT2D eigenvalue weighted by Gasteiger charge is -2.37. The van der Waals surface area contributed by atoms with E-state index in [4.69, 9.17) is 14.7 Å². The molecule has 1 N–H and O–H groups in total. The van der Waals surface area contributed by atoms with Gasteiger partial charge in [-0.25, -0.2) is 0 Å². The predicted molar refractivity (Wildman–Crippen MR) is 88.3 cm³/mol. The van der Waals surface area contributed by atoms with Crippen LogP contribution in [-0.2, 0) is 4.74 Å². The maximum absolute atomic E-state index is 10.3. The van der Waals surface area contributed by atoms with Crippen molar-refractivity contribution in [2.24, 2.45) is 5.92 Å². The average molecular weight is 318 g/mol. The van der Waals surface area contributed by atoms with Gasteiger partial charge >= 0.3 is 0 Å². The highest BCUT2D eigenvalue weighted by Gasteiger charge is 2.25. The molecule has 2 rings (SSSR count). The Labute approximate surface area is 138 Å². The number of benzene rings is 1. The molecule has 1 aromatic carbocycles. The van der Waals surface area contributed by atoms with Gasteiger partial charge in [-0.05, 0) is 36.6 Å². The summed E-state index contributed by atoms with van der Waals surface area (Å²) in [6, 6.07) is 9.36. The third-order valence-corrected chi connectivity index (χ3v) is 3.96. The van der Waals surface area contributed by atoms with Crippen molar-refractivity contribution >= 4 is 0 Å². The van der Waals surface area contributed by atoms with Crippen LogP contribution >= 0.6 is 0 Å². The van der Waals surface area contributed by atoms with E-state index in [1.807, 2.05) is 0 Å². The fraction of sp³-hybridized carbons (Fsp3) is 0.611. The summed E-state index contributed by atoms with van der Waals surface area (Å²) in [7, 11) is 0. The molecule has 0 aromatic heterocycles. The van der Waals surface area contributed by atoms with Crippen LogP contribution in [0.5, 0.6) is 5.75 Å². The Morgan fingerprint density at radius 1 is 1.39 bits per heavy atom. The molecular formula is C18H26N2O3. The molecule has 0 saturated carbocycles. The van der Waals surface area contributed by atoms with E-state index in [1.54, 1.807) is 24.3 Å². The van der Waals surface area contributed by atoms with E-state index in [0.29, 0.717) is 29.8 Å². The second kappa shape index (κ2) is 8.88. The van der Waals surface area contributed by atoms with Gasteiger partial charge in [0.2, 0.25) is 0 Å². The Morgan fingerprint density at radius 2 is 2.13 bits per heavy atom. The number of aliphatic hydroxyl groups is 1. The first kappa shape index (κ1) is 17.7. The van der Waals surface area contributed by atoms with Crippen molar-refractivity contribution in [3.63, 3.8) is 0 Å². The molecule has 0 amide bonds. The first-order chi connectivity index (χ1) is 11.1. The maximum Gasteiger partial charge on any atom is 0.119 e. The van der Waals surface area contributed by atoms with Crippen molar-refractivity contribution in [1.82, 2.24) is 4.90 Å². The zero-order valence-corrected chi connectivity index (χ0v) is 13.9. The normalized spacial score (nSPS) is 20.2. The zero-order valence-electron chi connectivity index (χ0n) is 13.9. The molecule has 1 aliphatic rings. The summed E-state index contributed by atoms with van der Waals surface area (Å²) < 4.78 is 11.2. The summed E-state index contributed by atoms with van der Waals surface area (Å²) in [5.41, 5.74) is 0.600. The Bertz CT molecular complexity index is 510. The Morgan fingerprint density at radius 3 is 2.78 bits per heavy atom. The third kappa shape index (κ3) is 5.83. The zero-order chi connectivity index (χ0) is 16.7. The number of rotatable bonds is 7. The van der Waals surface area contributed by atoms with Crippen LogP contribution in [-0.4, -0.2) is 55.1 Å². The Kier molecular flexibility index (Phi) is 6.85. The molecule has 2 unspecified atom stereocenters. The summed E-state index contributed by atoms with van der Waals surface area (Å²) >= 11 is 0. The van der Waals surface area contributed by atoms with Crippen LogP contribution < -0.4 is 4.74 Å². The van der Waals surface area contributed by atoms with E-state index in [-0.39, 0.29) is 6.61 Å². The smallest absolute Gasteiger partial charge is 0.119 e. The standard InChI is InChI=1S/C18H26N2O3/c1-14(2)9-16-12-22-8-7-20(16)11-17(21)13-23-18-5-3-15(10-19)4-6-18/h3-6,14,16-17,21H,7-9,11-13H2,1-2H3. The number of morpholine rings is 1. The lowest BCUT2D eigenvalue weighted by atomic mass is 10.0. The molecule has 0 radical (unpaired) electrons. The molecule has 5 heteroatoms. The largest absolute Gasteiger partial charge is 0.491 e. The Balaban J connectivity index is 1.80. The number of hydrogen-bond acceptors (Lipinski definition) is 5. The topological polar surface area (TPSA) is 65.7 Å². The second-order valence-electron chi connectivity index (χ2n) is 6.45. The molecule has 0 bridgehead atoms. The maximum atomic E-state index is 10.3. The molecule has 23 heavy (non-hydrogen) atoms. The molecule has 1 aliphatic heterocycles. The van der Waals surface area contributed by atoms with Gasteiger partial charge in [0, 0.05) is 19.1 Å². The fourth-order valence-corrected chi connectivity index (χ4v) is 2.83. The highest BCUT2D eigenvalue weighted by Crippen LogP contribution is 2.17. The summed E-state index contributed by atoms with van der Waals surface area (Å²) in [5, 5.41) is 19.0. The number of nitrogens with zero attached hydrogens (tertiary/aromatic N) is 2. The van der Waals surface area contributed by atoms with E-state index in [1.165, 1.54) is 0 Å². The molecule has 5 nitrogen and oxygen atoms in total. The van der Waals surface area contributed by atoms with Crippen LogP contribution in [0.3, 0.4) is 0 Å². The van der Waals surface area contributed by atoms with Crippen LogP contribution in [0.1, 0.15) is 25.8 Å². The van der Waals surface area contributed by atoms with E-state index >= 15 is 0 Å². The second-order valence-corrected chi connectivity index (χ2v) is 6.45. The summed E-state index contributed by atoms with van der Waals surface area (Å²) in [6.07, 6.45) is 0.529. The van der Waals surface area contributed by atoms with E-state index in [9.17, 15) is 5.11 Å². The SMILES string of the molecule is CC(C)CC1COCCN1CC(O)COc1ccc(C#N)cc1. The van der Waals surface area contributed by atoms with Crippen molar-refractivity contribution < 1.29 is 14.6 Å². The highest BCUT2D eigenvalue weighted by atomic mass is 16.5. The van der Waals surface area contributed by atoms with Crippen molar-refractivity contribution in [3.05, 3.63) is 29.8 Å². The fourth-order valence-electron chi connectivity index (χ4n) is 2.83. The van der Waals surface area contributed by atoms with Crippen molar-refractivity contribution in [1.29, 1.82) is 5.26 Å². The van der Waals surface area contributed by atoms with Gasteiger partial charge in [0.1, 0.15) is 18.5 Å². The molecule has 1 fully saturated rings. The van der Waals surface area contributed by atoms with Crippen LogP contribution in [0.4, 0.5) is 0 Å². The molecule has 1 saturated heterocycles. The number of nitriles is 1. The minimum atomic E-state index is -0.543. The van der Waals surface area contributed by atoms with Crippen LogP contribution in [0, 0.1) is 17.2 Å². The van der Waals surface area contributed by atoms with Crippen LogP contribution in [0.2, 0.25) is 0 Å². The number of ether oxygens (including phenoxy) is 2. The van der Waals surface area contributed by atoms with Crippen molar-refractivity contribution in [3.8, 4) is 11.8 Å². The number of hydrogen-bond donors (Lipinski definition) is 1. The van der Waals surface area contributed by atoms with Crippen LogP contribution in [0.15, 0.2) is 24.3 Å². The summed E-state index contributed by atoms with van der Waals surface area (Å²) in [6.45, 7) is 7.56. The number of β-amino-alcohol motifs (C(OH)–C–C–N with tert-alkyl or cyclic N) is 1. The van der Waals surface area contributed by atoms with Gasteiger partial charge in [0.15, 0.2) is 0 Å². The van der Waals surface area contributed by atoms with E-state index in [2.05, 4.69) is 24.8 Å². The van der Waals surface area contributed by atoms with Gasteiger partial charge in [0.05, 0.1) is 24.8 Å². The van der Waals surface area contributed by atoms with Crippen molar-refractivity contribution in [2.75, 3.05) is 32.9 Å². The van der Waals surface area contributed by atoms with E-state index < -0.39 is 6.10 Å². The van der Waals surface area contributed by atoms with Gasteiger partial charge in [-0.1, -0.05) is 13.8 Å². The average Bonchev–Trinajstić information content (AvgIpc) is 2.55. The van der Waals surface area contributed by atoms with Crippen molar-refractivity contribution in [2.45, 2.75) is 32.4 Å². The predicted octanol–water partition coefficient (Wildman–Crippen LogP) is 2.04. The highest BCUT2D eigenvalue weighted by molar-refractivity contribution is 5.34. The molecule has 2 atom stereocenters. The quantitative estimate of drug-likeness (QED) is 0.833. The van der Waals surface area contributed by atoms with Gasteiger partial charge in [-0.2, -0.15) is 5.26 Å². The monoisotopic (exact) mass is 318 g/mol. The lowest BCUT2D eigenvalue weighted by Crippen LogP contribution is -2.49. The summed E-state index contributed by atoms with van der Waals surface area (Å²) in [4.78, 5) is 2.30. The summed E-state index contributed by atoms with van der Waals surface area (Å²) in [5.74, 6) is 1.28.